The number of nitrogens with zero attached hydrogens (tertiary/aromatic N) is 1. The van der Waals surface area contributed by atoms with Crippen molar-refractivity contribution in [1.82, 2.24) is 4.98 Å². The lowest BCUT2D eigenvalue weighted by molar-refractivity contribution is -0.143. The Morgan fingerprint density at radius 2 is 2.00 bits per heavy atom. The summed E-state index contributed by atoms with van der Waals surface area (Å²) in [5, 5.41) is 10.1. The maximum atomic E-state index is 13.0. The van der Waals surface area contributed by atoms with E-state index in [1.54, 1.807) is 0 Å². The molecule has 0 spiro atoms. The molecule has 0 radical (unpaired) electrons. The molecule has 3 rings (SSSR count). The molecular weight excluding hydrogens is 364 g/mol. The molecular formula is C14H16BrF2NO2S. The van der Waals surface area contributed by atoms with Crippen LogP contribution in [0.3, 0.4) is 0 Å². The molecule has 2 saturated carbocycles. The number of hydrogen-bond donors (Lipinski definition) is 1. The fraction of sp³-hybridized carbons (Fsp3) is 0.714. The minimum absolute atomic E-state index is 0.101. The average molecular weight is 380 g/mol. The highest BCUT2D eigenvalue weighted by atomic mass is 79.9. The zero-order chi connectivity index (χ0) is 15.2. The molecule has 7 heteroatoms. The topological polar surface area (TPSA) is 50.2 Å². The smallest absolute Gasteiger partial charge is 0.307 e. The van der Waals surface area contributed by atoms with E-state index in [1.807, 2.05) is 0 Å². The Balaban J connectivity index is 1.82. The Kier molecular flexibility index (Phi) is 4.07. The third-order valence-electron chi connectivity index (χ3n) is 4.50. The lowest BCUT2D eigenvalue weighted by Gasteiger charge is -2.33. The van der Waals surface area contributed by atoms with Gasteiger partial charge in [0.2, 0.25) is 5.92 Å². The number of aromatic nitrogens is 1. The maximum absolute atomic E-state index is 13.0. The number of hydrogen-bond acceptors (Lipinski definition) is 3. The Bertz CT molecular complexity index is 555. The van der Waals surface area contributed by atoms with Crippen molar-refractivity contribution in [1.29, 1.82) is 0 Å². The highest BCUT2D eigenvalue weighted by Crippen LogP contribution is 2.51. The number of carbonyl (C=O) groups is 1. The monoisotopic (exact) mass is 379 g/mol. The van der Waals surface area contributed by atoms with Crippen molar-refractivity contribution in [2.24, 2.45) is 5.92 Å². The van der Waals surface area contributed by atoms with E-state index in [9.17, 15) is 18.7 Å². The highest BCUT2D eigenvalue weighted by molar-refractivity contribution is 9.11. The van der Waals surface area contributed by atoms with Crippen molar-refractivity contribution in [3.8, 4) is 0 Å². The molecule has 2 fully saturated rings. The van der Waals surface area contributed by atoms with E-state index in [2.05, 4.69) is 20.9 Å². The normalized spacial score (nSPS) is 29.1. The van der Waals surface area contributed by atoms with Gasteiger partial charge in [0.05, 0.1) is 20.4 Å². The number of rotatable bonds is 3. The molecule has 21 heavy (non-hydrogen) atoms. The van der Waals surface area contributed by atoms with Gasteiger partial charge in [0.1, 0.15) is 0 Å². The Labute approximate surface area is 133 Å². The average Bonchev–Trinajstić information content (AvgIpc) is 2.77. The third-order valence-corrected chi connectivity index (χ3v) is 6.41. The Hall–Kier alpha value is -0.560. The summed E-state index contributed by atoms with van der Waals surface area (Å²) in [6, 6.07) is 0. The van der Waals surface area contributed by atoms with Gasteiger partial charge in [0.15, 0.2) is 0 Å². The van der Waals surface area contributed by atoms with Gasteiger partial charge in [-0.2, -0.15) is 0 Å². The van der Waals surface area contributed by atoms with E-state index >= 15 is 0 Å². The van der Waals surface area contributed by atoms with Gasteiger partial charge >= 0.3 is 5.97 Å². The van der Waals surface area contributed by atoms with Gasteiger partial charge in [-0.3, -0.25) is 4.79 Å². The minimum Gasteiger partial charge on any atom is -0.481 e. The molecule has 116 valence electrons. The van der Waals surface area contributed by atoms with Gasteiger partial charge in [-0.15, -0.1) is 11.3 Å². The molecule has 1 heterocycles. The molecule has 0 bridgehead atoms. The summed E-state index contributed by atoms with van der Waals surface area (Å²) in [5.74, 6) is -4.03. The zero-order valence-corrected chi connectivity index (χ0v) is 13.7. The van der Waals surface area contributed by atoms with Crippen molar-refractivity contribution in [2.45, 2.75) is 56.3 Å². The molecule has 1 N–H and O–H groups in total. The van der Waals surface area contributed by atoms with Gasteiger partial charge in [-0.25, -0.2) is 13.8 Å². The summed E-state index contributed by atoms with van der Waals surface area (Å²) >= 11 is 4.84. The van der Waals surface area contributed by atoms with Crippen LogP contribution in [0.4, 0.5) is 8.78 Å². The van der Waals surface area contributed by atoms with Crippen LogP contribution in [0.2, 0.25) is 0 Å². The zero-order valence-electron chi connectivity index (χ0n) is 11.3. The highest BCUT2D eigenvalue weighted by Gasteiger charge is 2.47. The largest absolute Gasteiger partial charge is 0.481 e. The van der Waals surface area contributed by atoms with Gasteiger partial charge in [-0.1, -0.05) is 12.8 Å². The molecule has 3 nitrogen and oxygen atoms in total. The SMILES string of the molecule is O=C(O)C1CCCCC1c1nc(C2CC(F)(F)C2)sc1Br. The minimum atomic E-state index is -2.56. The second-order valence-electron chi connectivity index (χ2n) is 6.01. The number of carboxylic acid groups (broad SMARTS) is 1. The predicted octanol–water partition coefficient (Wildman–Crippen LogP) is 4.78. The van der Waals surface area contributed by atoms with Crippen LogP contribution in [0.5, 0.6) is 0 Å². The quantitative estimate of drug-likeness (QED) is 0.821. The van der Waals surface area contributed by atoms with Crippen molar-refractivity contribution >= 4 is 33.2 Å². The summed E-state index contributed by atoms with van der Waals surface area (Å²) < 4.78 is 26.8. The summed E-state index contributed by atoms with van der Waals surface area (Å²) in [4.78, 5) is 15.9. The number of alkyl halides is 2. The van der Waals surface area contributed by atoms with Gasteiger partial charge in [-0.05, 0) is 28.8 Å². The first-order chi connectivity index (χ1) is 9.87. The van der Waals surface area contributed by atoms with E-state index in [1.165, 1.54) is 11.3 Å². The second kappa shape index (κ2) is 5.57. The van der Waals surface area contributed by atoms with Gasteiger partial charge < -0.3 is 5.11 Å². The van der Waals surface area contributed by atoms with E-state index in [0.29, 0.717) is 6.42 Å². The predicted molar refractivity (Wildman–Crippen MR) is 79.1 cm³/mol. The first-order valence-corrected chi connectivity index (χ1v) is 8.75. The van der Waals surface area contributed by atoms with Crippen LogP contribution in [-0.4, -0.2) is 22.0 Å². The molecule has 2 aliphatic carbocycles. The van der Waals surface area contributed by atoms with Crippen LogP contribution in [0.25, 0.3) is 0 Å². The maximum Gasteiger partial charge on any atom is 0.307 e. The molecule has 1 aromatic rings. The standard InChI is InChI=1S/C14H16BrF2NO2S/c15-11-10(8-3-1-2-4-9(8)13(19)20)18-12(21-11)7-5-14(16,17)6-7/h7-9H,1-6H2,(H,19,20). The fourth-order valence-electron chi connectivity index (χ4n) is 3.32. The first-order valence-electron chi connectivity index (χ1n) is 7.14. The molecule has 1 aromatic heterocycles. The van der Waals surface area contributed by atoms with E-state index in [4.69, 9.17) is 0 Å². The van der Waals surface area contributed by atoms with Gasteiger partial charge in [0.25, 0.3) is 0 Å². The van der Waals surface area contributed by atoms with Crippen LogP contribution in [0.15, 0.2) is 3.79 Å². The summed E-state index contributed by atoms with van der Waals surface area (Å²) in [7, 11) is 0. The van der Waals surface area contributed by atoms with Crippen molar-refractivity contribution in [2.75, 3.05) is 0 Å². The number of aliphatic carboxylic acids is 1. The summed E-state index contributed by atoms with van der Waals surface area (Å²) in [6.45, 7) is 0. The molecule has 2 unspecified atom stereocenters. The van der Waals surface area contributed by atoms with Gasteiger partial charge in [0, 0.05) is 24.7 Å². The van der Waals surface area contributed by atoms with Crippen molar-refractivity contribution in [3.05, 3.63) is 14.5 Å². The lowest BCUT2D eigenvalue weighted by Crippen LogP contribution is -2.33. The number of halogens is 3. The Morgan fingerprint density at radius 3 is 2.62 bits per heavy atom. The number of carboxylic acids is 1. The molecule has 0 aromatic carbocycles. The molecule has 2 aliphatic rings. The van der Waals surface area contributed by atoms with Crippen LogP contribution in [0.1, 0.15) is 61.1 Å². The number of thiazole rings is 1. The van der Waals surface area contributed by atoms with E-state index in [-0.39, 0.29) is 24.7 Å². The molecule has 2 atom stereocenters. The van der Waals surface area contributed by atoms with Crippen LogP contribution < -0.4 is 0 Å². The van der Waals surface area contributed by atoms with E-state index < -0.39 is 17.8 Å². The van der Waals surface area contributed by atoms with Crippen molar-refractivity contribution < 1.29 is 18.7 Å². The van der Waals surface area contributed by atoms with Crippen LogP contribution >= 0.6 is 27.3 Å². The molecule has 0 saturated heterocycles. The van der Waals surface area contributed by atoms with E-state index in [0.717, 1.165) is 33.8 Å². The molecule has 0 amide bonds. The molecule has 0 aliphatic heterocycles. The second-order valence-corrected chi connectivity index (χ2v) is 8.36. The third kappa shape index (κ3) is 2.99. The van der Waals surface area contributed by atoms with Crippen LogP contribution in [0, 0.1) is 5.92 Å². The summed E-state index contributed by atoms with van der Waals surface area (Å²) in [5.41, 5.74) is 0.761. The lowest BCUT2D eigenvalue weighted by atomic mass is 9.77. The first kappa shape index (κ1) is 15.3. The van der Waals surface area contributed by atoms with Crippen LogP contribution in [-0.2, 0) is 4.79 Å². The summed E-state index contributed by atoms with van der Waals surface area (Å²) in [6.07, 6.45) is 3.12. The Morgan fingerprint density at radius 1 is 1.33 bits per heavy atom. The van der Waals surface area contributed by atoms with Crippen molar-refractivity contribution in [3.63, 3.8) is 0 Å². The fourth-order valence-corrected chi connectivity index (χ4v) is 5.17.